The van der Waals surface area contributed by atoms with Gasteiger partial charge in [0.15, 0.2) is 10.6 Å². The van der Waals surface area contributed by atoms with Crippen molar-refractivity contribution in [3.8, 4) is 11.4 Å². The maximum atomic E-state index is 12.4. The van der Waals surface area contributed by atoms with E-state index in [1.165, 1.54) is 0 Å². The van der Waals surface area contributed by atoms with Crippen LogP contribution < -0.4 is 0 Å². The van der Waals surface area contributed by atoms with Gasteiger partial charge in [0.1, 0.15) is 6.04 Å². The molecule has 0 spiro atoms. The number of aromatic nitrogens is 7. The highest BCUT2D eigenvalue weighted by Crippen LogP contribution is 2.20. The number of carboxylic acids is 1. The number of carboxylic acid groups (broad SMARTS) is 1. The SMILES string of the molecule is Cc1[nH]cnc1CN(Cc1nc[nH]c1C)[C@@H](CCCn1c(-c2ccccc2)n[nH]c1=S)C(=O)O. The third kappa shape index (κ3) is 5.32. The molecule has 1 atom stereocenters. The summed E-state index contributed by atoms with van der Waals surface area (Å²) >= 11 is 5.43. The molecule has 0 fully saturated rings. The van der Waals surface area contributed by atoms with E-state index in [-0.39, 0.29) is 0 Å². The number of H-pyrrole nitrogens is 3. The van der Waals surface area contributed by atoms with Crippen LogP contribution in [0.25, 0.3) is 11.4 Å². The minimum absolute atomic E-state index is 0.402. The Morgan fingerprint density at radius 2 is 1.71 bits per heavy atom. The second-order valence-corrected chi connectivity index (χ2v) is 8.61. The van der Waals surface area contributed by atoms with Gasteiger partial charge in [-0.25, -0.2) is 9.97 Å². The minimum Gasteiger partial charge on any atom is -0.480 e. The number of aryl methyl sites for hydroxylation is 2. The van der Waals surface area contributed by atoms with Crippen LogP contribution in [0.15, 0.2) is 43.0 Å². The smallest absolute Gasteiger partial charge is 0.320 e. The molecule has 0 saturated carbocycles. The van der Waals surface area contributed by atoms with Crippen LogP contribution in [0.2, 0.25) is 0 Å². The van der Waals surface area contributed by atoms with Crippen molar-refractivity contribution in [2.75, 3.05) is 0 Å². The lowest BCUT2D eigenvalue weighted by atomic mass is 10.1. The Morgan fingerprint density at radius 3 is 2.24 bits per heavy atom. The lowest BCUT2D eigenvalue weighted by molar-refractivity contribution is -0.144. The Kier molecular flexibility index (Phi) is 7.33. The Hall–Kier alpha value is -3.57. The lowest BCUT2D eigenvalue weighted by Gasteiger charge is -2.28. The molecular formula is C23H28N8O2S. The quantitative estimate of drug-likeness (QED) is 0.241. The van der Waals surface area contributed by atoms with E-state index in [0.29, 0.717) is 37.2 Å². The molecule has 3 aromatic heterocycles. The molecule has 4 rings (SSSR count). The Labute approximate surface area is 202 Å². The van der Waals surface area contributed by atoms with Crippen LogP contribution >= 0.6 is 12.2 Å². The summed E-state index contributed by atoms with van der Waals surface area (Å²) in [6.45, 7) is 5.22. The van der Waals surface area contributed by atoms with E-state index in [0.717, 1.165) is 34.2 Å². The number of imidazole rings is 2. The molecule has 0 aliphatic carbocycles. The van der Waals surface area contributed by atoms with Gasteiger partial charge in [0, 0.05) is 36.6 Å². The predicted molar refractivity (Wildman–Crippen MR) is 129 cm³/mol. The van der Waals surface area contributed by atoms with Crippen molar-refractivity contribution in [2.24, 2.45) is 0 Å². The van der Waals surface area contributed by atoms with Crippen LogP contribution in [0.3, 0.4) is 0 Å². The van der Waals surface area contributed by atoms with Gasteiger partial charge < -0.3 is 19.6 Å². The van der Waals surface area contributed by atoms with E-state index in [1.807, 2.05) is 53.6 Å². The number of nitrogens with one attached hydrogen (secondary N) is 3. The summed E-state index contributed by atoms with van der Waals surface area (Å²) in [5, 5.41) is 17.4. The molecule has 0 unspecified atom stereocenters. The summed E-state index contributed by atoms with van der Waals surface area (Å²) in [5.74, 6) is -0.130. The standard InChI is InChI=1S/C23H28N8O2S/c1-15-18(26-13-24-15)11-30(12-19-16(2)25-14-27-19)20(22(32)33)9-6-10-31-21(28-29-23(31)34)17-7-4-3-5-8-17/h3-5,7-8,13-14,20H,6,9-12H2,1-2H3,(H,24,26)(H,25,27)(H,29,34)(H,32,33)/t20-/m0/s1. The highest BCUT2D eigenvalue weighted by molar-refractivity contribution is 7.71. The highest BCUT2D eigenvalue weighted by Gasteiger charge is 2.28. The lowest BCUT2D eigenvalue weighted by Crippen LogP contribution is -2.41. The number of carbonyl (C=O) groups is 1. The molecule has 0 amide bonds. The summed E-state index contributed by atoms with van der Waals surface area (Å²) in [6, 6.07) is 9.08. The van der Waals surface area contributed by atoms with Crippen molar-refractivity contribution in [2.45, 2.75) is 52.4 Å². The molecule has 0 aliphatic heterocycles. The Balaban J connectivity index is 1.52. The molecule has 4 aromatic rings. The monoisotopic (exact) mass is 480 g/mol. The van der Waals surface area contributed by atoms with Crippen LogP contribution in [0.1, 0.15) is 35.6 Å². The number of hydrogen-bond acceptors (Lipinski definition) is 6. The van der Waals surface area contributed by atoms with Crippen molar-refractivity contribution in [1.82, 2.24) is 39.6 Å². The summed E-state index contributed by atoms with van der Waals surface area (Å²) in [6.07, 6.45) is 4.30. The summed E-state index contributed by atoms with van der Waals surface area (Å²) in [7, 11) is 0. The molecule has 11 heteroatoms. The first-order valence-electron chi connectivity index (χ1n) is 11.1. The van der Waals surface area contributed by atoms with Crippen LogP contribution in [0, 0.1) is 18.6 Å². The van der Waals surface area contributed by atoms with Crippen molar-refractivity contribution in [1.29, 1.82) is 0 Å². The third-order valence-corrected chi connectivity index (χ3v) is 6.26. The zero-order valence-electron chi connectivity index (χ0n) is 19.2. The normalized spacial score (nSPS) is 12.3. The topological polar surface area (TPSA) is 132 Å². The van der Waals surface area contributed by atoms with E-state index in [9.17, 15) is 9.90 Å². The van der Waals surface area contributed by atoms with E-state index in [4.69, 9.17) is 12.2 Å². The van der Waals surface area contributed by atoms with Gasteiger partial charge in [0.25, 0.3) is 0 Å². The number of aliphatic carboxylic acids is 1. The second kappa shape index (κ2) is 10.6. The highest BCUT2D eigenvalue weighted by atomic mass is 32.1. The molecule has 3 heterocycles. The molecule has 178 valence electrons. The zero-order valence-corrected chi connectivity index (χ0v) is 20.0. The molecule has 10 nitrogen and oxygen atoms in total. The van der Waals surface area contributed by atoms with Gasteiger partial charge in [-0.05, 0) is 38.9 Å². The van der Waals surface area contributed by atoms with Gasteiger partial charge in [-0.2, -0.15) is 5.10 Å². The summed E-state index contributed by atoms with van der Waals surface area (Å²) in [5.41, 5.74) is 4.44. The van der Waals surface area contributed by atoms with Gasteiger partial charge in [-0.3, -0.25) is 14.8 Å². The Morgan fingerprint density at radius 1 is 1.09 bits per heavy atom. The molecular weight excluding hydrogens is 452 g/mol. The van der Waals surface area contributed by atoms with Crippen molar-refractivity contribution >= 4 is 18.2 Å². The Bertz CT molecular complexity index is 1250. The van der Waals surface area contributed by atoms with Crippen LogP contribution in [0.5, 0.6) is 0 Å². The van der Waals surface area contributed by atoms with E-state index < -0.39 is 12.0 Å². The number of nitrogens with zero attached hydrogens (tertiary/aromatic N) is 5. The summed E-state index contributed by atoms with van der Waals surface area (Å²) in [4.78, 5) is 29.2. The maximum absolute atomic E-state index is 12.4. The zero-order chi connectivity index (χ0) is 24.1. The molecule has 0 radical (unpaired) electrons. The van der Waals surface area contributed by atoms with Crippen LogP contribution in [0.4, 0.5) is 0 Å². The predicted octanol–water partition coefficient (Wildman–Crippen LogP) is 3.61. The first kappa shape index (κ1) is 23.6. The van der Waals surface area contributed by atoms with Crippen molar-refractivity contribution in [3.63, 3.8) is 0 Å². The fourth-order valence-electron chi connectivity index (χ4n) is 3.99. The van der Waals surface area contributed by atoms with Crippen LogP contribution in [-0.2, 0) is 24.4 Å². The minimum atomic E-state index is -0.875. The number of hydrogen-bond donors (Lipinski definition) is 4. The third-order valence-electron chi connectivity index (χ3n) is 5.95. The molecule has 0 bridgehead atoms. The van der Waals surface area contributed by atoms with E-state index in [1.54, 1.807) is 12.7 Å². The first-order valence-corrected chi connectivity index (χ1v) is 11.5. The number of benzene rings is 1. The summed E-state index contributed by atoms with van der Waals surface area (Å²) < 4.78 is 2.44. The fourth-order valence-corrected chi connectivity index (χ4v) is 4.22. The average Bonchev–Trinajstić information content (AvgIpc) is 3.52. The molecule has 34 heavy (non-hydrogen) atoms. The van der Waals surface area contributed by atoms with Gasteiger partial charge >= 0.3 is 5.97 Å². The van der Waals surface area contributed by atoms with Gasteiger partial charge in [-0.1, -0.05) is 30.3 Å². The number of rotatable bonds is 11. The fraction of sp³-hybridized carbons (Fsp3) is 0.348. The largest absolute Gasteiger partial charge is 0.480 e. The maximum Gasteiger partial charge on any atom is 0.320 e. The van der Waals surface area contributed by atoms with Gasteiger partial charge in [-0.15, -0.1) is 0 Å². The first-order chi connectivity index (χ1) is 16.4. The van der Waals surface area contributed by atoms with E-state index in [2.05, 4.69) is 30.1 Å². The van der Waals surface area contributed by atoms with Gasteiger partial charge in [0.2, 0.25) is 0 Å². The van der Waals surface area contributed by atoms with Crippen molar-refractivity contribution < 1.29 is 9.90 Å². The van der Waals surface area contributed by atoms with Gasteiger partial charge in [0.05, 0.1) is 24.0 Å². The van der Waals surface area contributed by atoms with E-state index >= 15 is 0 Å². The van der Waals surface area contributed by atoms with Crippen molar-refractivity contribution in [3.05, 3.63) is 70.5 Å². The average molecular weight is 481 g/mol. The molecule has 1 aromatic carbocycles. The molecule has 0 saturated heterocycles. The van der Waals surface area contributed by atoms with Crippen LogP contribution in [-0.4, -0.2) is 56.7 Å². The molecule has 4 N–H and O–H groups in total. The molecule has 0 aliphatic rings. The number of aromatic amines is 3. The second-order valence-electron chi connectivity index (χ2n) is 8.22.